The van der Waals surface area contributed by atoms with Crippen molar-refractivity contribution in [1.82, 2.24) is 10.2 Å². The number of nitrogens with zero attached hydrogens (tertiary/aromatic N) is 1. The number of rotatable bonds is 7. The standard InChI is InChI=1S/C21H24F4N2O2/c1-27-16(13-28)10-15(20(27)18-4-2-3-5-19(18)22)12-26-11-14-6-8-17(9-7-14)29-21(23,24)25/h2-9,15-16,20,26,28H,10-13H2,1H3/t15-,16+,20-/m0/s1. The van der Waals surface area contributed by atoms with Crippen LogP contribution < -0.4 is 10.1 Å². The number of aliphatic hydroxyl groups is 1. The molecule has 4 nitrogen and oxygen atoms in total. The number of hydrogen-bond acceptors (Lipinski definition) is 4. The Labute approximate surface area is 167 Å². The fourth-order valence-corrected chi connectivity index (χ4v) is 4.00. The summed E-state index contributed by atoms with van der Waals surface area (Å²) in [6.07, 6.45) is -3.99. The van der Waals surface area contributed by atoms with Crippen LogP contribution in [0.5, 0.6) is 5.75 Å². The second kappa shape index (κ2) is 9.11. The summed E-state index contributed by atoms with van der Waals surface area (Å²) in [5.41, 5.74) is 1.42. The molecular weight excluding hydrogens is 388 g/mol. The first kappa shape index (κ1) is 21.5. The van der Waals surface area contributed by atoms with Crippen LogP contribution in [0.3, 0.4) is 0 Å². The van der Waals surface area contributed by atoms with Crippen LogP contribution in [0.25, 0.3) is 0 Å². The lowest BCUT2D eigenvalue weighted by Crippen LogP contribution is -2.32. The highest BCUT2D eigenvalue weighted by molar-refractivity contribution is 5.27. The number of benzene rings is 2. The van der Waals surface area contributed by atoms with E-state index in [1.807, 2.05) is 11.9 Å². The van der Waals surface area contributed by atoms with Gasteiger partial charge in [-0.25, -0.2) is 4.39 Å². The molecule has 1 aliphatic rings. The third-order valence-electron chi connectivity index (χ3n) is 5.36. The van der Waals surface area contributed by atoms with Crippen molar-refractivity contribution in [3.63, 3.8) is 0 Å². The van der Waals surface area contributed by atoms with Crippen molar-refractivity contribution in [1.29, 1.82) is 0 Å². The first-order valence-electron chi connectivity index (χ1n) is 9.41. The van der Waals surface area contributed by atoms with E-state index < -0.39 is 6.36 Å². The second-order valence-corrected chi connectivity index (χ2v) is 7.29. The lowest BCUT2D eigenvalue weighted by molar-refractivity contribution is -0.274. The predicted molar refractivity (Wildman–Crippen MR) is 101 cm³/mol. The average Bonchev–Trinajstić information content (AvgIpc) is 2.98. The van der Waals surface area contributed by atoms with E-state index in [1.165, 1.54) is 18.2 Å². The van der Waals surface area contributed by atoms with Crippen LogP contribution in [-0.4, -0.2) is 42.6 Å². The molecule has 0 aromatic heterocycles. The molecule has 1 aliphatic heterocycles. The Hall–Kier alpha value is -2.16. The Kier molecular flexibility index (Phi) is 6.77. The zero-order valence-electron chi connectivity index (χ0n) is 16.0. The highest BCUT2D eigenvalue weighted by atomic mass is 19.4. The van der Waals surface area contributed by atoms with Gasteiger partial charge in [0.2, 0.25) is 0 Å². The topological polar surface area (TPSA) is 44.7 Å². The van der Waals surface area contributed by atoms with E-state index >= 15 is 0 Å². The average molecular weight is 412 g/mol. The molecule has 158 valence electrons. The number of halogens is 4. The summed E-state index contributed by atoms with van der Waals surface area (Å²) < 4.78 is 54.9. The van der Waals surface area contributed by atoms with Crippen LogP contribution in [0, 0.1) is 11.7 Å². The largest absolute Gasteiger partial charge is 0.573 e. The summed E-state index contributed by atoms with van der Waals surface area (Å²) in [7, 11) is 1.89. The molecule has 0 aliphatic carbocycles. The summed E-state index contributed by atoms with van der Waals surface area (Å²) in [6.45, 7) is 1.04. The number of aliphatic hydroxyl groups excluding tert-OH is 1. The van der Waals surface area contributed by atoms with Crippen molar-refractivity contribution < 1.29 is 27.4 Å². The van der Waals surface area contributed by atoms with Crippen molar-refractivity contribution >= 4 is 0 Å². The predicted octanol–water partition coefficient (Wildman–Crippen LogP) is 3.87. The van der Waals surface area contributed by atoms with Gasteiger partial charge < -0.3 is 15.2 Å². The van der Waals surface area contributed by atoms with Gasteiger partial charge in [0, 0.05) is 30.7 Å². The first-order valence-corrected chi connectivity index (χ1v) is 9.41. The Morgan fingerprint density at radius 2 is 1.83 bits per heavy atom. The molecule has 3 rings (SSSR count). The smallest absolute Gasteiger partial charge is 0.406 e. The minimum Gasteiger partial charge on any atom is -0.406 e. The highest BCUT2D eigenvalue weighted by Crippen LogP contribution is 2.40. The van der Waals surface area contributed by atoms with E-state index in [1.54, 1.807) is 30.3 Å². The number of nitrogens with one attached hydrogen (secondary N) is 1. The molecule has 1 fully saturated rings. The van der Waals surface area contributed by atoms with Crippen LogP contribution >= 0.6 is 0 Å². The molecule has 2 N–H and O–H groups in total. The zero-order chi connectivity index (χ0) is 21.0. The third kappa shape index (κ3) is 5.46. The summed E-state index contributed by atoms with van der Waals surface area (Å²) >= 11 is 0. The van der Waals surface area contributed by atoms with Gasteiger partial charge in [-0.1, -0.05) is 30.3 Å². The van der Waals surface area contributed by atoms with Gasteiger partial charge in [-0.15, -0.1) is 13.2 Å². The normalized spacial score (nSPS) is 22.8. The van der Waals surface area contributed by atoms with Crippen molar-refractivity contribution in [3.8, 4) is 5.75 Å². The molecule has 1 saturated heterocycles. The maximum absolute atomic E-state index is 14.4. The number of alkyl halides is 3. The molecule has 0 amide bonds. The molecule has 0 unspecified atom stereocenters. The van der Waals surface area contributed by atoms with E-state index in [0.29, 0.717) is 18.7 Å². The van der Waals surface area contributed by atoms with Crippen LogP contribution in [0.4, 0.5) is 17.6 Å². The van der Waals surface area contributed by atoms with Gasteiger partial charge in [-0.2, -0.15) is 0 Å². The maximum Gasteiger partial charge on any atom is 0.573 e. The summed E-state index contributed by atoms with van der Waals surface area (Å²) in [5.74, 6) is -0.445. The lowest BCUT2D eigenvalue weighted by Gasteiger charge is -2.28. The van der Waals surface area contributed by atoms with Gasteiger partial charge in [-0.05, 0) is 43.1 Å². The van der Waals surface area contributed by atoms with Crippen molar-refractivity contribution in [3.05, 3.63) is 65.5 Å². The molecule has 0 saturated carbocycles. The quantitative estimate of drug-likeness (QED) is 0.678. The number of likely N-dealkylation sites (N-methyl/N-ethyl adjacent to an activating group) is 1. The molecule has 2 aromatic rings. The van der Waals surface area contributed by atoms with Gasteiger partial charge in [-0.3, -0.25) is 4.90 Å². The van der Waals surface area contributed by atoms with Gasteiger partial charge in [0.1, 0.15) is 11.6 Å². The second-order valence-electron chi connectivity index (χ2n) is 7.29. The van der Waals surface area contributed by atoms with Crippen LogP contribution in [0.2, 0.25) is 0 Å². The molecular formula is C21H24F4N2O2. The van der Waals surface area contributed by atoms with Gasteiger partial charge >= 0.3 is 6.36 Å². The van der Waals surface area contributed by atoms with E-state index in [9.17, 15) is 22.7 Å². The molecule has 0 bridgehead atoms. The fraction of sp³-hybridized carbons (Fsp3) is 0.429. The Morgan fingerprint density at radius 1 is 1.14 bits per heavy atom. The van der Waals surface area contributed by atoms with E-state index in [2.05, 4.69) is 10.1 Å². The SMILES string of the molecule is CN1[C@@H](CO)C[C@@H](CNCc2ccc(OC(F)(F)F)cc2)[C@H]1c1ccccc1F. The fourth-order valence-electron chi connectivity index (χ4n) is 4.00. The summed E-state index contributed by atoms with van der Waals surface area (Å²) in [5, 5.41) is 13.0. The van der Waals surface area contributed by atoms with Gasteiger partial charge in [0.15, 0.2) is 0 Å². The van der Waals surface area contributed by atoms with Crippen LogP contribution in [0.15, 0.2) is 48.5 Å². The monoisotopic (exact) mass is 412 g/mol. The van der Waals surface area contributed by atoms with Crippen molar-refractivity contribution in [2.24, 2.45) is 5.92 Å². The maximum atomic E-state index is 14.4. The van der Waals surface area contributed by atoms with Crippen molar-refractivity contribution in [2.45, 2.75) is 31.4 Å². The van der Waals surface area contributed by atoms with Crippen LogP contribution in [-0.2, 0) is 6.54 Å². The highest BCUT2D eigenvalue weighted by Gasteiger charge is 2.40. The number of hydrogen-bond donors (Lipinski definition) is 2. The minimum atomic E-state index is -4.71. The molecule has 0 spiro atoms. The molecule has 1 heterocycles. The van der Waals surface area contributed by atoms with Gasteiger partial charge in [0.25, 0.3) is 0 Å². The van der Waals surface area contributed by atoms with E-state index in [0.717, 1.165) is 12.0 Å². The molecule has 8 heteroatoms. The lowest BCUT2D eigenvalue weighted by atomic mass is 9.92. The van der Waals surface area contributed by atoms with Crippen molar-refractivity contribution in [2.75, 3.05) is 20.2 Å². The van der Waals surface area contributed by atoms with E-state index in [4.69, 9.17) is 0 Å². The van der Waals surface area contributed by atoms with Crippen LogP contribution in [0.1, 0.15) is 23.6 Å². The third-order valence-corrected chi connectivity index (χ3v) is 5.36. The summed E-state index contributed by atoms with van der Waals surface area (Å²) in [4.78, 5) is 2.01. The number of ether oxygens (including phenoxy) is 1. The molecule has 0 radical (unpaired) electrons. The van der Waals surface area contributed by atoms with E-state index in [-0.39, 0.29) is 36.2 Å². The zero-order valence-corrected chi connectivity index (χ0v) is 16.0. The Bertz CT molecular complexity index is 798. The Balaban J connectivity index is 1.62. The first-order chi connectivity index (χ1) is 13.8. The summed E-state index contributed by atoms with van der Waals surface area (Å²) in [6, 6.07) is 12.1. The molecule has 2 aromatic carbocycles. The van der Waals surface area contributed by atoms with Gasteiger partial charge in [0.05, 0.1) is 6.61 Å². The Morgan fingerprint density at radius 3 is 2.45 bits per heavy atom. The number of likely N-dealkylation sites (tertiary alicyclic amines) is 1. The minimum absolute atomic E-state index is 0.00137. The molecule has 29 heavy (non-hydrogen) atoms. The molecule has 3 atom stereocenters.